The molecule has 3 N–H and O–H groups in total. The first-order valence-electron chi connectivity index (χ1n) is 5.98. The summed E-state index contributed by atoms with van der Waals surface area (Å²) < 4.78 is 0. The van der Waals surface area contributed by atoms with E-state index >= 15 is 0 Å². The summed E-state index contributed by atoms with van der Waals surface area (Å²) in [5.41, 5.74) is 6.73. The zero-order valence-corrected chi connectivity index (χ0v) is 10.4. The molecular weight excluding hydrogens is 242 g/mol. The van der Waals surface area contributed by atoms with E-state index in [9.17, 15) is 4.79 Å². The molecule has 19 heavy (non-hydrogen) atoms. The first-order valence-corrected chi connectivity index (χ1v) is 5.98. The molecule has 1 aromatic heterocycles. The van der Waals surface area contributed by atoms with E-state index in [4.69, 9.17) is 5.73 Å². The van der Waals surface area contributed by atoms with Crippen molar-refractivity contribution in [3.05, 3.63) is 48.3 Å². The smallest absolute Gasteiger partial charge is 0.249 e. The van der Waals surface area contributed by atoms with Crippen molar-refractivity contribution in [3.8, 4) is 0 Å². The van der Waals surface area contributed by atoms with Crippen molar-refractivity contribution in [2.24, 2.45) is 11.7 Å². The Morgan fingerprint density at radius 3 is 2.68 bits per heavy atom. The lowest BCUT2D eigenvalue weighted by Crippen LogP contribution is -2.31. The number of amides is 1. The van der Waals surface area contributed by atoms with Crippen molar-refractivity contribution in [2.45, 2.75) is 6.42 Å². The highest BCUT2D eigenvalue weighted by atomic mass is 16.2. The molecule has 2 aromatic rings. The van der Waals surface area contributed by atoms with E-state index in [0.717, 1.165) is 5.56 Å². The van der Waals surface area contributed by atoms with Gasteiger partial charge in [-0.2, -0.15) is 5.10 Å². The Labute approximate surface area is 111 Å². The zero-order valence-electron chi connectivity index (χ0n) is 10.4. The Hall–Kier alpha value is -2.34. The van der Waals surface area contributed by atoms with Gasteiger partial charge >= 0.3 is 0 Å². The molecule has 1 atom stereocenters. The van der Waals surface area contributed by atoms with Gasteiger partial charge in [-0.25, -0.2) is 4.98 Å². The fourth-order valence-electron chi connectivity index (χ4n) is 1.70. The van der Waals surface area contributed by atoms with E-state index in [1.165, 1.54) is 12.4 Å². The van der Waals surface area contributed by atoms with Crippen LogP contribution in [0.15, 0.2) is 42.7 Å². The first-order chi connectivity index (χ1) is 9.29. The van der Waals surface area contributed by atoms with Crippen LogP contribution in [-0.2, 0) is 11.2 Å². The van der Waals surface area contributed by atoms with E-state index in [-0.39, 0.29) is 24.3 Å². The molecule has 0 saturated heterocycles. The number of aromatic nitrogens is 3. The van der Waals surface area contributed by atoms with Gasteiger partial charge in [-0.05, 0) is 12.0 Å². The van der Waals surface area contributed by atoms with Crippen LogP contribution in [0.1, 0.15) is 5.56 Å². The van der Waals surface area contributed by atoms with Crippen molar-refractivity contribution < 1.29 is 4.79 Å². The van der Waals surface area contributed by atoms with Crippen LogP contribution < -0.4 is 11.1 Å². The summed E-state index contributed by atoms with van der Waals surface area (Å²) in [4.78, 5) is 15.9. The molecule has 1 aromatic carbocycles. The number of anilines is 1. The lowest BCUT2D eigenvalue weighted by molar-refractivity contribution is -0.119. The van der Waals surface area contributed by atoms with E-state index < -0.39 is 0 Å². The molecule has 1 amide bonds. The number of hydrogen-bond acceptors (Lipinski definition) is 5. The molecule has 6 nitrogen and oxygen atoms in total. The lowest BCUT2D eigenvalue weighted by atomic mass is 9.99. The number of benzene rings is 1. The van der Waals surface area contributed by atoms with Crippen molar-refractivity contribution in [1.82, 2.24) is 15.2 Å². The maximum absolute atomic E-state index is 12.0. The Balaban J connectivity index is 2.00. The molecule has 0 aliphatic heterocycles. The minimum absolute atomic E-state index is 0.194. The van der Waals surface area contributed by atoms with Crippen LogP contribution in [0.5, 0.6) is 0 Å². The number of hydrogen-bond donors (Lipinski definition) is 2. The van der Waals surface area contributed by atoms with Crippen molar-refractivity contribution in [1.29, 1.82) is 0 Å². The summed E-state index contributed by atoms with van der Waals surface area (Å²) in [5.74, 6) is -0.315. The summed E-state index contributed by atoms with van der Waals surface area (Å²) in [5, 5.41) is 9.97. The molecule has 98 valence electrons. The maximum atomic E-state index is 12.0. The number of carbonyl (C=O) groups is 1. The van der Waals surface area contributed by atoms with E-state index in [1.807, 2.05) is 30.3 Å². The molecule has 0 aliphatic rings. The van der Waals surface area contributed by atoms with Gasteiger partial charge in [-0.1, -0.05) is 30.3 Å². The van der Waals surface area contributed by atoms with Gasteiger partial charge in [0.1, 0.15) is 0 Å². The molecule has 2 rings (SSSR count). The first kappa shape index (κ1) is 13.1. The van der Waals surface area contributed by atoms with Gasteiger partial charge < -0.3 is 5.73 Å². The lowest BCUT2D eigenvalue weighted by Gasteiger charge is -2.13. The number of nitrogens with one attached hydrogen (secondary N) is 1. The van der Waals surface area contributed by atoms with Gasteiger partial charge in [0.2, 0.25) is 11.9 Å². The standard InChI is InChI=1S/C13H15N5O/c14-9-11(8-10-4-2-1-3-5-10)12(19)17-13-15-6-7-16-18-13/h1-7,11H,8-9,14H2,(H,15,17,18,19). The van der Waals surface area contributed by atoms with Crippen LogP contribution in [0.3, 0.4) is 0 Å². The van der Waals surface area contributed by atoms with Gasteiger partial charge in [0.05, 0.1) is 18.3 Å². The fourth-order valence-corrected chi connectivity index (χ4v) is 1.70. The Morgan fingerprint density at radius 2 is 2.05 bits per heavy atom. The van der Waals surface area contributed by atoms with Gasteiger partial charge in [0.15, 0.2) is 0 Å². The Bertz CT molecular complexity index is 517. The van der Waals surface area contributed by atoms with Crippen molar-refractivity contribution >= 4 is 11.9 Å². The van der Waals surface area contributed by atoms with Gasteiger partial charge in [-0.15, -0.1) is 5.10 Å². The Morgan fingerprint density at radius 1 is 1.26 bits per heavy atom. The molecule has 0 aliphatic carbocycles. The van der Waals surface area contributed by atoms with Gasteiger partial charge in [0.25, 0.3) is 0 Å². The van der Waals surface area contributed by atoms with E-state index in [1.54, 1.807) is 0 Å². The third-order valence-electron chi connectivity index (χ3n) is 2.70. The molecule has 0 saturated carbocycles. The molecule has 0 bridgehead atoms. The molecular formula is C13H15N5O. The highest BCUT2D eigenvalue weighted by Gasteiger charge is 2.18. The van der Waals surface area contributed by atoms with Crippen molar-refractivity contribution in [3.63, 3.8) is 0 Å². The molecule has 1 unspecified atom stereocenters. The third kappa shape index (κ3) is 3.82. The van der Waals surface area contributed by atoms with E-state index in [2.05, 4.69) is 20.5 Å². The van der Waals surface area contributed by atoms with E-state index in [0.29, 0.717) is 6.42 Å². The highest BCUT2D eigenvalue weighted by Crippen LogP contribution is 2.09. The quantitative estimate of drug-likeness (QED) is 0.819. The average molecular weight is 257 g/mol. The van der Waals surface area contributed by atoms with Crippen LogP contribution >= 0.6 is 0 Å². The second kappa shape index (κ2) is 6.55. The van der Waals surface area contributed by atoms with Crippen LogP contribution in [-0.4, -0.2) is 27.6 Å². The summed E-state index contributed by atoms with van der Waals surface area (Å²) in [7, 11) is 0. The summed E-state index contributed by atoms with van der Waals surface area (Å²) in [6.45, 7) is 0.265. The predicted molar refractivity (Wildman–Crippen MR) is 71.1 cm³/mol. The average Bonchev–Trinajstić information content (AvgIpc) is 2.47. The van der Waals surface area contributed by atoms with Gasteiger partial charge in [0, 0.05) is 6.54 Å². The molecule has 0 spiro atoms. The largest absolute Gasteiger partial charge is 0.330 e. The zero-order chi connectivity index (χ0) is 13.5. The number of nitrogens with two attached hydrogens (primary N) is 1. The predicted octanol–water partition coefficient (Wildman–Crippen LogP) is 0.628. The minimum Gasteiger partial charge on any atom is -0.330 e. The van der Waals surface area contributed by atoms with Crippen LogP contribution in [0, 0.1) is 5.92 Å². The third-order valence-corrected chi connectivity index (χ3v) is 2.70. The normalized spacial score (nSPS) is 11.8. The summed E-state index contributed by atoms with van der Waals surface area (Å²) in [6.07, 6.45) is 3.50. The Kier molecular flexibility index (Phi) is 4.52. The van der Waals surface area contributed by atoms with Crippen LogP contribution in [0.25, 0.3) is 0 Å². The maximum Gasteiger partial charge on any atom is 0.249 e. The molecule has 1 heterocycles. The molecule has 0 radical (unpaired) electrons. The highest BCUT2D eigenvalue weighted by molar-refractivity contribution is 5.91. The number of nitrogens with zero attached hydrogens (tertiary/aromatic N) is 3. The fraction of sp³-hybridized carbons (Fsp3) is 0.231. The summed E-state index contributed by atoms with van der Waals surface area (Å²) in [6, 6.07) is 9.74. The van der Waals surface area contributed by atoms with Gasteiger partial charge in [-0.3, -0.25) is 10.1 Å². The van der Waals surface area contributed by atoms with Crippen LogP contribution in [0.2, 0.25) is 0 Å². The topological polar surface area (TPSA) is 93.8 Å². The minimum atomic E-state index is -0.314. The number of carbonyl (C=O) groups excluding carboxylic acids is 1. The molecule has 0 fully saturated rings. The summed E-state index contributed by atoms with van der Waals surface area (Å²) >= 11 is 0. The monoisotopic (exact) mass is 257 g/mol. The molecule has 6 heteroatoms. The second-order valence-corrected chi connectivity index (χ2v) is 4.08. The van der Waals surface area contributed by atoms with Crippen LogP contribution in [0.4, 0.5) is 5.95 Å². The SMILES string of the molecule is NCC(Cc1ccccc1)C(=O)Nc1nccnn1. The second-order valence-electron chi connectivity index (χ2n) is 4.08. The van der Waals surface area contributed by atoms with Crippen molar-refractivity contribution in [2.75, 3.05) is 11.9 Å². The number of rotatable bonds is 5.